The molecule has 0 saturated carbocycles. The van der Waals surface area contributed by atoms with Crippen molar-refractivity contribution in [3.8, 4) is 0 Å². The number of nitrogens with one attached hydrogen (secondary N) is 1. The zero-order chi connectivity index (χ0) is 13.0. The van der Waals surface area contributed by atoms with Gasteiger partial charge in [-0.1, -0.05) is 37.3 Å². The molecule has 1 aromatic rings. The molecule has 1 aliphatic heterocycles. The van der Waals surface area contributed by atoms with Gasteiger partial charge in [-0.25, -0.2) is 0 Å². The third-order valence-corrected chi connectivity index (χ3v) is 4.12. The first-order valence-electron chi connectivity index (χ1n) is 6.83. The first kappa shape index (κ1) is 13.5. The summed E-state index contributed by atoms with van der Waals surface area (Å²) in [7, 11) is 2.05. The van der Waals surface area contributed by atoms with Gasteiger partial charge in [-0.05, 0) is 31.9 Å². The Morgan fingerprint density at radius 1 is 1.28 bits per heavy atom. The van der Waals surface area contributed by atoms with Crippen molar-refractivity contribution < 1.29 is 4.84 Å². The van der Waals surface area contributed by atoms with Crippen LogP contribution in [0.2, 0.25) is 0 Å². The lowest BCUT2D eigenvalue weighted by atomic mass is 9.88. The number of piperidine rings is 1. The van der Waals surface area contributed by atoms with Crippen LogP contribution in [0.4, 0.5) is 0 Å². The molecule has 3 nitrogen and oxygen atoms in total. The molecule has 0 radical (unpaired) electrons. The average Bonchev–Trinajstić information content (AvgIpc) is 2.42. The number of hydroxylamine groups is 2. The molecule has 3 heteroatoms. The van der Waals surface area contributed by atoms with E-state index in [0.717, 1.165) is 13.0 Å². The van der Waals surface area contributed by atoms with E-state index in [1.807, 2.05) is 13.1 Å². The van der Waals surface area contributed by atoms with Crippen LogP contribution in [0.25, 0.3) is 0 Å². The summed E-state index contributed by atoms with van der Waals surface area (Å²) in [5.41, 5.74) is 1.23. The summed E-state index contributed by atoms with van der Waals surface area (Å²) in [6.07, 6.45) is 1.15. The molecular formula is C15H24N2O. The lowest BCUT2D eigenvalue weighted by molar-refractivity contribution is -0.217. The highest BCUT2D eigenvalue weighted by Crippen LogP contribution is 2.24. The molecule has 100 valence electrons. The van der Waals surface area contributed by atoms with Crippen molar-refractivity contribution in [1.82, 2.24) is 10.4 Å². The Balaban J connectivity index is 1.87. The minimum atomic E-state index is 0.458. The molecule has 1 heterocycles. The van der Waals surface area contributed by atoms with E-state index in [0.29, 0.717) is 24.6 Å². The van der Waals surface area contributed by atoms with Crippen LogP contribution in [-0.4, -0.2) is 30.7 Å². The molecule has 3 unspecified atom stereocenters. The van der Waals surface area contributed by atoms with Crippen molar-refractivity contribution in [3.63, 3.8) is 0 Å². The van der Waals surface area contributed by atoms with Gasteiger partial charge < -0.3 is 5.32 Å². The molecule has 0 spiro atoms. The zero-order valence-electron chi connectivity index (χ0n) is 11.6. The maximum Gasteiger partial charge on any atom is 0.0936 e. The SMILES string of the molecule is CNC1CCN(OCc2ccccc2)C(C)C1C. The van der Waals surface area contributed by atoms with E-state index >= 15 is 0 Å². The minimum Gasteiger partial charge on any atom is -0.317 e. The minimum absolute atomic E-state index is 0.458. The molecular weight excluding hydrogens is 224 g/mol. The van der Waals surface area contributed by atoms with E-state index in [9.17, 15) is 0 Å². The second kappa shape index (κ2) is 6.32. The van der Waals surface area contributed by atoms with E-state index in [2.05, 4.69) is 48.5 Å². The van der Waals surface area contributed by atoms with Crippen molar-refractivity contribution in [2.75, 3.05) is 13.6 Å². The van der Waals surface area contributed by atoms with Gasteiger partial charge in [0.25, 0.3) is 0 Å². The third kappa shape index (κ3) is 3.10. The molecule has 1 N–H and O–H groups in total. The largest absolute Gasteiger partial charge is 0.317 e. The lowest BCUT2D eigenvalue weighted by Gasteiger charge is -2.41. The maximum atomic E-state index is 5.95. The van der Waals surface area contributed by atoms with Crippen molar-refractivity contribution in [1.29, 1.82) is 0 Å². The van der Waals surface area contributed by atoms with Gasteiger partial charge in [0.1, 0.15) is 0 Å². The van der Waals surface area contributed by atoms with Crippen LogP contribution in [0, 0.1) is 5.92 Å². The van der Waals surface area contributed by atoms with Gasteiger partial charge >= 0.3 is 0 Å². The molecule has 2 rings (SSSR count). The Morgan fingerprint density at radius 2 is 2.00 bits per heavy atom. The molecule has 1 aliphatic rings. The van der Waals surface area contributed by atoms with Crippen LogP contribution in [0.15, 0.2) is 30.3 Å². The summed E-state index contributed by atoms with van der Waals surface area (Å²) in [5, 5.41) is 5.54. The van der Waals surface area contributed by atoms with E-state index in [1.165, 1.54) is 5.56 Å². The van der Waals surface area contributed by atoms with E-state index < -0.39 is 0 Å². The van der Waals surface area contributed by atoms with Gasteiger partial charge in [0.05, 0.1) is 6.61 Å². The van der Waals surface area contributed by atoms with Crippen molar-refractivity contribution in [2.24, 2.45) is 5.92 Å². The quantitative estimate of drug-likeness (QED) is 0.885. The van der Waals surface area contributed by atoms with Crippen LogP contribution >= 0.6 is 0 Å². The smallest absolute Gasteiger partial charge is 0.0936 e. The fraction of sp³-hybridized carbons (Fsp3) is 0.600. The Morgan fingerprint density at radius 3 is 2.67 bits per heavy atom. The van der Waals surface area contributed by atoms with E-state index in [1.54, 1.807) is 0 Å². The topological polar surface area (TPSA) is 24.5 Å². The fourth-order valence-electron chi connectivity index (χ4n) is 2.65. The Bertz CT molecular complexity index is 355. The van der Waals surface area contributed by atoms with Gasteiger partial charge in [0, 0.05) is 18.6 Å². The highest BCUT2D eigenvalue weighted by molar-refractivity contribution is 5.13. The van der Waals surface area contributed by atoms with Crippen LogP contribution in [0.1, 0.15) is 25.8 Å². The molecule has 3 atom stereocenters. The van der Waals surface area contributed by atoms with Crippen LogP contribution in [0.5, 0.6) is 0 Å². The van der Waals surface area contributed by atoms with Gasteiger partial charge in [-0.2, -0.15) is 5.06 Å². The highest BCUT2D eigenvalue weighted by atomic mass is 16.7. The Labute approximate surface area is 110 Å². The second-order valence-corrected chi connectivity index (χ2v) is 5.18. The predicted octanol–water partition coefficient (Wildman–Crippen LogP) is 2.44. The second-order valence-electron chi connectivity index (χ2n) is 5.18. The molecule has 18 heavy (non-hydrogen) atoms. The van der Waals surface area contributed by atoms with E-state index in [-0.39, 0.29) is 0 Å². The molecule has 1 fully saturated rings. The van der Waals surface area contributed by atoms with Crippen molar-refractivity contribution in [2.45, 2.75) is 39.0 Å². The highest BCUT2D eigenvalue weighted by Gasteiger charge is 2.32. The van der Waals surface area contributed by atoms with Gasteiger partial charge in [0.15, 0.2) is 0 Å². The fourth-order valence-corrected chi connectivity index (χ4v) is 2.65. The first-order chi connectivity index (χ1) is 8.72. The monoisotopic (exact) mass is 248 g/mol. The number of hydrogen-bond acceptors (Lipinski definition) is 3. The number of rotatable bonds is 4. The molecule has 0 bridgehead atoms. The number of benzene rings is 1. The van der Waals surface area contributed by atoms with Crippen molar-refractivity contribution >= 4 is 0 Å². The normalized spacial score (nSPS) is 29.4. The average molecular weight is 248 g/mol. The van der Waals surface area contributed by atoms with Gasteiger partial charge in [-0.3, -0.25) is 4.84 Å². The van der Waals surface area contributed by atoms with Gasteiger partial charge in [-0.15, -0.1) is 0 Å². The van der Waals surface area contributed by atoms with Gasteiger partial charge in [0.2, 0.25) is 0 Å². The van der Waals surface area contributed by atoms with Crippen LogP contribution in [-0.2, 0) is 11.4 Å². The third-order valence-electron chi connectivity index (χ3n) is 4.12. The predicted molar refractivity (Wildman–Crippen MR) is 74.0 cm³/mol. The zero-order valence-corrected chi connectivity index (χ0v) is 11.6. The first-order valence-corrected chi connectivity index (χ1v) is 6.83. The standard InChI is InChI=1S/C15H24N2O/c1-12-13(2)17(10-9-15(12)16-3)18-11-14-7-5-4-6-8-14/h4-8,12-13,15-16H,9-11H2,1-3H3. The number of hydrogen-bond donors (Lipinski definition) is 1. The Hall–Kier alpha value is -0.900. The number of nitrogens with zero attached hydrogens (tertiary/aromatic N) is 1. The van der Waals surface area contributed by atoms with Crippen LogP contribution in [0.3, 0.4) is 0 Å². The summed E-state index contributed by atoms with van der Waals surface area (Å²) in [6.45, 7) is 6.22. The van der Waals surface area contributed by atoms with Crippen LogP contribution < -0.4 is 5.32 Å². The molecule has 0 aliphatic carbocycles. The lowest BCUT2D eigenvalue weighted by Crippen LogP contribution is -2.52. The van der Waals surface area contributed by atoms with Crippen molar-refractivity contribution in [3.05, 3.63) is 35.9 Å². The maximum absolute atomic E-state index is 5.95. The Kier molecular flexibility index (Phi) is 4.75. The van der Waals surface area contributed by atoms with E-state index in [4.69, 9.17) is 4.84 Å². The summed E-state index contributed by atoms with van der Waals surface area (Å²) in [4.78, 5) is 5.95. The summed E-state index contributed by atoms with van der Waals surface area (Å²) >= 11 is 0. The summed E-state index contributed by atoms with van der Waals surface area (Å²) in [6, 6.07) is 11.4. The molecule has 0 amide bonds. The summed E-state index contributed by atoms with van der Waals surface area (Å²) in [5.74, 6) is 0.611. The molecule has 1 saturated heterocycles. The molecule has 0 aromatic heterocycles. The summed E-state index contributed by atoms with van der Waals surface area (Å²) < 4.78 is 0. The molecule has 1 aromatic carbocycles.